The van der Waals surface area contributed by atoms with Gasteiger partial charge in [-0.05, 0) is 44.1 Å². The van der Waals surface area contributed by atoms with Gasteiger partial charge in [-0.3, -0.25) is 4.79 Å². The van der Waals surface area contributed by atoms with Crippen molar-refractivity contribution in [3.05, 3.63) is 76.9 Å². The van der Waals surface area contributed by atoms with Gasteiger partial charge in [0.15, 0.2) is 5.78 Å². The van der Waals surface area contributed by atoms with Gasteiger partial charge in [-0.2, -0.15) is 0 Å². The Morgan fingerprint density at radius 1 is 0.895 bits per heavy atom. The molecule has 0 aromatic heterocycles. The van der Waals surface area contributed by atoms with Crippen LogP contribution in [0.5, 0.6) is 0 Å². The van der Waals surface area contributed by atoms with Crippen molar-refractivity contribution in [2.45, 2.75) is 20.8 Å². The second-order valence-electron chi connectivity index (χ2n) is 4.93. The number of benzene rings is 2. The Morgan fingerprint density at radius 3 is 2.00 bits per heavy atom. The van der Waals surface area contributed by atoms with E-state index in [4.69, 9.17) is 0 Å². The molecule has 0 unspecified atom stereocenters. The van der Waals surface area contributed by atoms with Crippen molar-refractivity contribution in [3.63, 3.8) is 0 Å². The number of aryl methyl sites for hydroxylation is 2. The van der Waals surface area contributed by atoms with Crippen molar-refractivity contribution >= 4 is 11.4 Å². The predicted molar refractivity (Wildman–Crippen MR) is 80.3 cm³/mol. The van der Waals surface area contributed by atoms with Crippen molar-refractivity contribution in [1.29, 1.82) is 0 Å². The summed E-state index contributed by atoms with van der Waals surface area (Å²) in [5, 5.41) is 0. The summed E-state index contributed by atoms with van der Waals surface area (Å²) in [6.45, 7) is 6.02. The fraction of sp³-hybridized carbons (Fsp3) is 0.167. The lowest BCUT2D eigenvalue weighted by Gasteiger charge is -2.03. The van der Waals surface area contributed by atoms with E-state index in [1.165, 1.54) is 5.56 Å². The van der Waals surface area contributed by atoms with Crippen molar-refractivity contribution in [2.24, 2.45) is 0 Å². The fourth-order valence-corrected chi connectivity index (χ4v) is 2.05. The topological polar surface area (TPSA) is 17.1 Å². The summed E-state index contributed by atoms with van der Waals surface area (Å²) >= 11 is 0. The van der Waals surface area contributed by atoms with E-state index >= 15 is 0 Å². The molecule has 0 atom stereocenters. The summed E-state index contributed by atoms with van der Waals surface area (Å²) in [4.78, 5) is 12.2. The number of hydrogen-bond acceptors (Lipinski definition) is 1. The van der Waals surface area contributed by atoms with Gasteiger partial charge < -0.3 is 0 Å². The van der Waals surface area contributed by atoms with Crippen LogP contribution in [0.4, 0.5) is 0 Å². The molecule has 2 aromatic rings. The molecule has 1 heteroatoms. The van der Waals surface area contributed by atoms with Crippen LogP contribution in [0.2, 0.25) is 0 Å². The third kappa shape index (κ3) is 3.41. The predicted octanol–water partition coefficient (Wildman–Crippen LogP) is 4.59. The lowest BCUT2D eigenvalue weighted by Crippen LogP contribution is -1.96. The molecule has 0 aliphatic carbocycles. The van der Waals surface area contributed by atoms with Crippen molar-refractivity contribution in [1.82, 2.24) is 0 Å². The van der Waals surface area contributed by atoms with Crippen LogP contribution in [0, 0.1) is 13.8 Å². The summed E-state index contributed by atoms with van der Waals surface area (Å²) in [7, 11) is 0. The monoisotopic (exact) mass is 250 g/mol. The van der Waals surface area contributed by atoms with Crippen LogP contribution in [-0.4, -0.2) is 5.78 Å². The molecule has 0 aliphatic heterocycles. The Balaban J connectivity index is 2.28. The van der Waals surface area contributed by atoms with Crippen LogP contribution >= 0.6 is 0 Å². The minimum absolute atomic E-state index is 0.0581. The number of carbonyl (C=O) groups excluding carboxylic acids is 1. The van der Waals surface area contributed by atoms with E-state index in [2.05, 4.69) is 19.1 Å². The number of hydrogen-bond donors (Lipinski definition) is 0. The Kier molecular flexibility index (Phi) is 3.96. The molecule has 0 heterocycles. The lowest BCUT2D eigenvalue weighted by atomic mass is 10.0. The fourth-order valence-electron chi connectivity index (χ4n) is 2.05. The van der Waals surface area contributed by atoms with E-state index in [0.717, 1.165) is 22.3 Å². The highest BCUT2D eigenvalue weighted by atomic mass is 16.1. The smallest absolute Gasteiger partial charge is 0.186 e. The van der Waals surface area contributed by atoms with Crippen molar-refractivity contribution in [2.75, 3.05) is 0 Å². The van der Waals surface area contributed by atoms with Crippen LogP contribution in [0.3, 0.4) is 0 Å². The average molecular weight is 250 g/mol. The highest BCUT2D eigenvalue weighted by Crippen LogP contribution is 2.16. The van der Waals surface area contributed by atoms with E-state index in [1.54, 1.807) is 6.08 Å². The van der Waals surface area contributed by atoms with Gasteiger partial charge >= 0.3 is 0 Å². The normalized spacial score (nSPS) is 11.4. The maximum Gasteiger partial charge on any atom is 0.186 e. The van der Waals surface area contributed by atoms with Gasteiger partial charge in [0.1, 0.15) is 0 Å². The van der Waals surface area contributed by atoms with Gasteiger partial charge in [-0.1, -0.05) is 53.6 Å². The molecule has 1 nitrogen and oxygen atoms in total. The molecule has 0 aliphatic rings. The summed E-state index contributed by atoms with van der Waals surface area (Å²) < 4.78 is 0. The molecule has 19 heavy (non-hydrogen) atoms. The van der Waals surface area contributed by atoms with Crippen LogP contribution < -0.4 is 0 Å². The quantitative estimate of drug-likeness (QED) is 0.575. The SMILES string of the molecule is C/C(=C\C(=O)c1cccc(C)c1)c1cccc(C)c1. The molecule has 0 saturated carbocycles. The molecular formula is C18H18O. The van der Waals surface area contributed by atoms with Gasteiger partial charge in [0.2, 0.25) is 0 Å². The summed E-state index contributed by atoms with van der Waals surface area (Å²) in [6.07, 6.45) is 1.71. The minimum Gasteiger partial charge on any atom is -0.289 e. The van der Waals surface area contributed by atoms with Crippen LogP contribution in [0.25, 0.3) is 5.57 Å². The first-order chi connectivity index (χ1) is 9.06. The standard InChI is InChI=1S/C18H18O/c1-13-6-4-8-16(10-13)15(3)12-18(19)17-9-5-7-14(2)11-17/h4-12H,1-3H3/b15-12+. The van der Waals surface area contributed by atoms with Crippen LogP contribution in [0.15, 0.2) is 54.6 Å². The molecule has 0 radical (unpaired) electrons. The number of allylic oxidation sites excluding steroid dienone is 2. The molecule has 0 fully saturated rings. The van der Waals surface area contributed by atoms with Crippen molar-refractivity contribution in [3.8, 4) is 0 Å². The van der Waals surface area contributed by atoms with E-state index in [-0.39, 0.29) is 5.78 Å². The van der Waals surface area contributed by atoms with Gasteiger partial charge in [0.05, 0.1) is 0 Å². The third-order valence-corrected chi connectivity index (χ3v) is 3.12. The zero-order chi connectivity index (χ0) is 13.8. The highest BCUT2D eigenvalue weighted by molar-refractivity contribution is 6.08. The van der Waals surface area contributed by atoms with Gasteiger partial charge in [-0.15, -0.1) is 0 Å². The van der Waals surface area contributed by atoms with E-state index < -0.39 is 0 Å². The first-order valence-electron chi connectivity index (χ1n) is 6.42. The number of ketones is 1. The lowest BCUT2D eigenvalue weighted by molar-refractivity contribution is 0.104. The molecule has 2 aromatic carbocycles. The Hall–Kier alpha value is -2.15. The third-order valence-electron chi connectivity index (χ3n) is 3.12. The summed E-state index contributed by atoms with van der Waals surface area (Å²) in [5.74, 6) is 0.0581. The molecular weight excluding hydrogens is 232 g/mol. The van der Waals surface area contributed by atoms with E-state index in [0.29, 0.717) is 0 Å². The Bertz CT molecular complexity index is 636. The molecule has 96 valence electrons. The van der Waals surface area contributed by atoms with Gasteiger partial charge in [0.25, 0.3) is 0 Å². The summed E-state index contributed by atoms with van der Waals surface area (Å²) in [6, 6.07) is 15.9. The number of rotatable bonds is 3. The maximum absolute atomic E-state index is 12.2. The molecule has 0 bridgehead atoms. The highest BCUT2D eigenvalue weighted by Gasteiger charge is 2.04. The van der Waals surface area contributed by atoms with E-state index in [9.17, 15) is 4.79 Å². The summed E-state index contributed by atoms with van der Waals surface area (Å²) in [5.41, 5.74) is 5.14. The number of carbonyl (C=O) groups is 1. The molecule has 0 N–H and O–H groups in total. The first kappa shape index (κ1) is 13.3. The van der Waals surface area contributed by atoms with Crippen molar-refractivity contribution < 1.29 is 4.79 Å². The van der Waals surface area contributed by atoms with Crippen LogP contribution in [0.1, 0.15) is 34.0 Å². The second kappa shape index (κ2) is 5.66. The average Bonchev–Trinajstić information content (AvgIpc) is 2.38. The first-order valence-corrected chi connectivity index (χ1v) is 6.42. The molecule has 0 amide bonds. The zero-order valence-electron chi connectivity index (χ0n) is 11.6. The minimum atomic E-state index is 0.0581. The molecule has 0 spiro atoms. The largest absolute Gasteiger partial charge is 0.289 e. The van der Waals surface area contributed by atoms with Gasteiger partial charge in [0, 0.05) is 5.56 Å². The van der Waals surface area contributed by atoms with Crippen LogP contribution in [-0.2, 0) is 0 Å². The van der Waals surface area contributed by atoms with Gasteiger partial charge in [-0.25, -0.2) is 0 Å². The zero-order valence-corrected chi connectivity index (χ0v) is 11.6. The maximum atomic E-state index is 12.2. The Morgan fingerprint density at radius 2 is 1.42 bits per heavy atom. The Labute approximate surface area is 114 Å². The molecule has 0 saturated heterocycles. The van der Waals surface area contributed by atoms with E-state index in [1.807, 2.05) is 50.2 Å². The second-order valence-corrected chi connectivity index (χ2v) is 4.93. The molecule has 2 rings (SSSR count).